The van der Waals surface area contributed by atoms with Crippen LogP contribution in [0, 0.1) is 26.7 Å². The zero-order chi connectivity index (χ0) is 23.0. The van der Waals surface area contributed by atoms with Crippen molar-refractivity contribution < 1.29 is 22.7 Å². The van der Waals surface area contributed by atoms with Gasteiger partial charge in [0.1, 0.15) is 5.75 Å². The van der Waals surface area contributed by atoms with Crippen molar-refractivity contribution in [1.29, 1.82) is 0 Å². The van der Waals surface area contributed by atoms with Gasteiger partial charge in [0, 0.05) is 24.8 Å². The smallest absolute Gasteiger partial charge is 0.262 e. The summed E-state index contributed by atoms with van der Waals surface area (Å²) >= 11 is 0. The van der Waals surface area contributed by atoms with Crippen LogP contribution in [-0.4, -0.2) is 44.2 Å². The highest BCUT2D eigenvalue weighted by Crippen LogP contribution is 2.35. The summed E-state index contributed by atoms with van der Waals surface area (Å²) in [6.07, 6.45) is 1.22. The van der Waals surface area contributed by atoms with Crippen LogP contribution >= 0.6 is 0 Å². The number of aryl methyl sites for hydroxylation is 3. The average Bonchev–Trinajstić information content (AvgIpc) is 2.75. The molecule has 0 saturated carbocycles. The van der Waals surface area contributed by atoms with Gasteiger partial charge in [0.15, 0.2) is 6.61 Å². The molecule has 0 aliphatic carbocycles. The molecule has 2 N–H and O–H groups in total. The first kappa shape index (κ1) is 22.3. The van der Waals surface area contributed by atoms with Crippen molar-refractivity contribution in [2.24, 2.45) is 5.92 Å². The predicted molar refractivity (Wildman–Crippen MR) is 121 cm³/mol. The Hall–Kier alpha value is -2.91. The van der Waals surface area contributed by atoms with Crippen LogP contribution in [0.1, 0.15) is 29.5 Å². The molecule has 0 aromatic heterocycles. The number of carbonyl (C=O) groups excluding carboxylic acids is 2. The molecule has 2 aromatic carbocycles. The van der Waals surface area contributed by atoms with E-state index in [1.54, 1.807) is 13.0 Å². The number of amides is 2. The fourth-order valence-corrected chi connectivity index (χ4v) is 5.86. The van der Waals surface area contributed by atoms with Crippen LogP contribution in [0.15, 0.2) is 35.2 Å². The Kier molecular flexibility index (Phi) is 5.96. The van der Waals surface area contributed by atoms with Gasteiger partial charge in [-0.3, -0.25) is 9.59 Å². The van der Waals surface area contributed by atoms with Gasteiger partial charge in [0.25, 0.3) is 5.91 Å². The highest BCUT2D eigenvalue weighted by Gasteiger charge is 2.35. The summed E-state index contributed by atoms with van der Waals surface area (Å²) in [6, 6.07) is 8.91. The monoisotopic (exact) mass is 457 g/mol. The Bertz CT molecular complexity index is 1190. The van der Waals surface area contributed by atoms with Crippen molar-refractivity contribution >= 4 is 33.2 Å². The maximum absolute atomic E-state index is 13.4. The normalized spacial score (nSPS) is 19.0. The molecule has 4 rings (SSSR count). The summed E-state index contributed by atoms with van der Waals surface area (Å²) in [6.45, 7) is 5.88. The van der Waals surface area contributed by atoms with Crippen LogP contribution in [0.25, 0.3) is 0 Å². The lowest BCUT2D eigenvalue weighted by Gasteiger charge is -2.32. The molecule has 0 unspecified atom stereocenters. The molecule has 0 spiro atoms. The number of rotatable bonds is 4. The number of nitrogens with one attached hydrogen (secondary N) is 2. The number of nitrogens with zero attached hydrogens (tertiary/aromatic N) is 1. The summed E-state index contributed by atoms with van der Waals surface area (Å²) in [4.78, 5) is 24.6. The molecular formula is C23H27N3O5S. The zero-order valence-electron chi connectivity index (χ0n) is 18.4. The predicted octanol–water partition coefficient (Wildman–Crippen LogP) is 2.98. The van der Waals surface area contributed by atoms with Gasteiger partial charge >= 0.3 is 0 Å². The van der Waals surface area contributed by atoms with E-state index in [4.69, 9.17) is 4.74 Å². The van der Waals surface area contributed by atoms with Crippen molar-refractivity contribution in [2.75, 3.05) is 30.3 Å². The highest BCUT2D eigenvalue weighted by atomic mass is 32.2. The van der Waals surface area contributed by atoms with Crippen LogP contribution < -0.4 is 15.4 Å². The minimum atomic E-state index is -3.83. The number of fused-ring (bicyclic) bond motifs is 1. The lowest BCUT2D eigenvalue weighted by Crippen LogP contribution is -2.44. The van der Waals surface area contributed by atoms with Crippen molar-refractivity contribution in [2.45, 2.75) is 38.5 Å². The van der Waals surface area contributed by atoms with E-state index in [9.17, 15) is 18.0 Å². The third kappa shape index (κ3) is 4.35. The highest BCUT2D eigenvalue weighted by molar-refractivity contribution is 7.89. The summed E-state index contributed by atoms with van der Waals surface area (Å²) in [5.41, 5.74) is 3.72. The molecule has 2 aliphatic rings. The second-order valence-electron chi connectivity index (χ2n) is 8.46. The van der Waals surface area contributed by atoms with Crippen LogP contribution in [0.2, 0.25) is 0 Å². The van der Waals surface area contributed by atoms with Gasteiger partial charge in [0.2, 0.25) is 15.9 Å². The van der Waals surface area contributed by atoms with Crippen LogP contribution in [-0.2, 0) is 19.6 Å². The maximum Gasteiger partial charge on any atom is 0.262 e. The molecule has 0 bridgehead atoms. The first-order valence-electron chi connectivity index (χ1n) is 10.6. The third-order valence-electron chi connectivity index (χ3n) is 5.93. The lowest BCUT2D eigenvalue weighted by atomic mass is 9.98. The molecule has 1 fully saturated rings. The van der Waals surface area contributed by atoms with Crippen molar-refractivity contribution in [3.05, 3.63) is 47.0 Å². The van der Waals surface area contributed by atoms with Crippen molar-refractivity contribution in [3.63, 3.8) is 0 Å². The van der Waals surface area contributed by atoms with Gasteiger partial charge in [0.05, 0.1) is 16.5 Å². The lowest BCUT2D eigenvalue weighted by molar-refractivity contribution is -0.121. The molecule has 2 aliphatic heterocycles. The minimum absolute atomic E-state index is 0.118. The molecule has 0 radical (unpaired) electrons. The van der Waals surface area contributed by atoms with Crippen LogP contribution in [0.5, 0.6) is 5.75 Å². The molecular weight excluding hydrogens is 430 g/mol. The van der Waals surface area contributed by atoms with E-state index in [0.717, 1.165) is 16.8 Å². The molecule has 170 valence electrons. The molecule has 8 nitrogen and oxygen atoms in total. The zero-order valence-corrected chi connectivity index (χ0v) is 19.2. The van der Waals surface area contributed by atoms with E-state index in [1.165, 1.54) is 10.4 Å². The Morgan fingerprint density at radius 3 is 2.72 bits per heavy atom. The molecule has 2 heterocycles. The van der Waals surface area contributed by atoms with E-state index >= 15 is 0 Å². The van der Waals surface area contributed by atoms with Crippen molar-refractivity contribution in [3.8, 4) is 5.75 Å². The largest absolute Gasteiger partial charge is 0.482 e. The fraction of sp³-hybridized carbons (Fsp3) is 0.391. The number of hydrogen-bond donors (Lipinski definition) is 2. The number of carbonyl (C=O) groups is 2. The molecule has 1 atom stereocenters. The second-order valence-corrected chi connectivity index (χ2v) is 10.4. The molecule has 32 heavy (non-hydrogen) atoms. The fourth-order valence-electron chi connectivity index (χ4n) is 4.11. The number of benzene rings is 2. The van der Waals surface area contributed by atoms with E-state index in [-0.39, 0.29) is 29.9 Å². The van der Waals surface area contributed by atoms with Gasteiger partial charge in [-0.25, -0.2) is 8.42 Å². The molecule has 9 heteroatoms. The van der Waals surface area contributed by atoms with E-state index in [1.807, 2.05) is 32.0 Å². The maximum atomic E-state index is 13.4. The Balaban J connectivity index is 1.54. The van der Waals surface area contributed by atoms with Crippen LogP contribution in [0.3, 0.4) is 0 Å². The first-order valence-corrected chi connectivity index (χ1v) is 12.0. The summed E-state index contributed by atoms with van der Waals surface area (Å²) in [7, 11) is -3.83. The average molecular weight is 458 g/mol. The summed E-state index contributed by atoms with van der Waals surface area (Å²) in [5, 5.41) is 5.66. The number of sulfonamides is 1. The SMILES string of the molecule is Cc1ccc(C)c(NC(=O)[C@@H]2CCCN(S(=O)(=O)c3cc4c(cc3C)NC(=O)CO4)C2)c1. The minimum Gasteiger partial charge on any atom is -0.482 e. The second kappa shape index (κ2) is 8.55. The van der Waals surface area contributed by atoms with Crippen molar-refractivity contribution in [1.82, 2.24) is 4.31 Å². The van der Waals surface area contributed by atoms with Gasteiger partial charge in [-0.15, -0.1) is 0 Å². The summed E-state index contributed by atoms with van der Waals surface area (Å²) in [5.74, 6) is -0.560. The van der Waals surface area contributed by atoms with Gasteiger partial charge in [-0.1, -0.05) is 12.1 Å². The topological polar surface area (TPSA) is 105 Å². The standard InChI is InChI=1S/C23H27N3O5S/c1-14-6-7-15(2)18(9-14)25-23(28)17-5-4-8-26(12-17)32(29,30)21-11-20-19(10-16(21)3)24-22(27)13-31-20/h6-7,9-11,17H,4-5,8,12-13H2,1-3H3,(H,24,27)(H,25,28)/t17-/m1/s1. The summed E-state index contributed by atoms with van der Waals surface area (Å²) < 4.78 is 33.6. The van der Waals surface area contributed by atoms with Crippen LogP contribution in [0.4, 0.5) is 11.4 Å². The number of ether oxygens (including phenoxy) is 1. The number of piperidine rings is 1. The Labute approximate surface area is 188 Å². The van der Waals surface area contributed by atoms with E-state index in [2.05, 4.69) is 10.6 Å². The van der Waals surface area contributed by atoms with Gasteiger partial charge < -0.3 is 15.4 Å². The number of anilines is 2. The molecule has 2 aromatic rings. The molecule has 2 amide bonds. The van der Waals surface area contributed by atoms with Gasteiger partial charge in [-0.2, -0.15) is 4.31 Å². The molecule has 1 saturated heterocycles. The third-order valence-corrected chi connectivity index (χ3v) is 7.94. The Morgan fingerprint density at radius 1 is 1.16 bits per heavy atom. The van der Waals surface area contributed by atoms with E-state index < -0.39 is 15.9 Å². The van der Waals surface area contributed by atoms with Gasteiger partial charge in [-0.05, 0) is 62.4 Å². The number of hydrogen-bond acceptors (Lipinski definition) is 5. The Morgan fingerprint density at radius 2 is 1.94 bits per heavy atom. The first-order chi connectivity index (χ1) is 15.1. The van der Waals surface area contributed by atoms with E-state index in [0.29, 0.717) is 36.4 Å². The quantitative estimate of drug-likeness (QED) is 0.734.